The Labute approximate surface area is 161 Å². The molecular formula is C18H20BrFN2O3S. The fraction of sp³-hybridized carbons (Fsp3) is 0.333. The van der Waals surface area contributed by atoms with Crippen LogP contribution in [-0.4, -0.2) is 46.2 Å². The summed E-state index contributed by atoms with van der Waals surface area (Å²) in [7, 11) is -3.67. The van der Waals surface area contributed by atoms with Gasteiger partial charge in [0.25, 0.3) is 0 Å². The zero-order valence-electron chi connectivity index (χ0n) is 14.1. The monoisotopic (exact) mass is 442 g/mol. The summed E-state index contributed by atoms with van der Waals surface area (Å²) >= 11 is 3.28. The number of hydrogen-bond acceptors (Lipinski definition) is 4. The van der Waals surface area contributed by atoms with Gasteiger partial charge in [0, 0.05) is 30.1 Å². The molecule has 1 saturated heterocycles. The molecule has 0 radical (unpaired) electrons. The van der Waals surface area contributed by atoms with Crippen molar-refractivity contribution in [2.75, 3.05) is 32.8 Å². The third-order valence-corrected chi connectivity index (χ3v) is 6.77. The largest absolute Gasteiger partial charge is 0.379 e. The highest BCUT2D eigenvalue weighted by Crippen LogP contribution is 2.24. The van der Waals surface area contributed by atoms with Crippen molar-refractivity contribution in [2.45, 2.75) is 10.9 Å². The Balaban J connectivity index is 1.81. The predicted molar refractivity (Wildman–Crippen MR) is 101 cm³/mol. The van der Waals surface area contributed by atoms with E-state index < -0.39 is 10.0 Å². The van der Waals surface area contributed by atoms with E-state index >= 15 is 0 Å². The van der Waals surface area contributed by atoms with Crippen LogP contribution in [0.15, 0.2) is 57.9 Å². The second-order valence-electron chi connectivity index (χ2n) is 6.00. The molecule has 1 heterocycles. The van der Waals surface area contributed by atoms with E-state index in [0.29, 0.717) is 30.8 Å². The molecule has 3 rings (SSSR count). The minimum Gasteiger partial charge on any atom is -0.379 e. The molecule has 1 N–H and O–H groups in total. The standard InChI is InChI=1S/C18H20BrFN2O3S/c19-16-3-1-2-4-18(16)26(23,24)21-13-17(22-9-11-25-12-10-22)14-5-7-15(20)8-6-14/h1-8,17,21H,9-13H2. The number of nitrogens with zero attached hydrogens (tertiary/aromatic N) is 1. The average molecular weight is 443 g/mol. The van der Waals surface area contributed by atoms with Crippen molar-refractivity contribution in [3.63, 3.8) is 0 Å². The van der Waals surface area contributed by atoms with Gasteiger partial charge in [0.2, 0.25) is 10.0 Å². The van der Waals surface area contributed by atoms with Crippen LogP contribution >= 0.6 is 15.9 Å². The summed E-state index contributed by atoms with van der Waals surface area (Å²) in [6.07, 6.45) is 0. The van der Waals surface area contributed by atoms with Crippen molar-refractivity contribution in [3.05, 3.63) is 64.4 Å². The maximum atomic E-state index is 13.3. The molecule has 0 bridgehead atoms. The first kappa shape index (κ1) is 19.4. The maximum absolute atomic E-state index is 13.3. The van der Waals surface area contributed by atoms with Crippen LogP contribution < -0.4 is 4.72 Å². The summed E-state index contributed by atoms with van der Waals surface area (Å²) in [5, 5.41) is 0. The molecule has 2 aromatic carbocycles. The summed E-state index contributed by atoms with van der Waals surface area (Å²) in [6, 6.07) is 12.7. The molecule has 0 amide bonds. The lowest BCUT2D eigenvalue weighted by molar-refractivity contribution is 0.0172. The number of rotatable bonds is 6. The van der Waals surface area contributed by atoms with Gasteiger partial charge in [-0.2, -0.15) is 0 Å². The minimum absolute atomic E-state index is 0.190. The lowest BCUT2D eigenvalue weighted by Gasteiger charge is -2.35. The van der Waals surface area contributed by atoms with E-state index in [1.54, 1.807) is 36.4 Å². The molecule has 1 fully saturated rings. The Morgan fingerprint density at radius 3 is 2.42 bits per heavy atom. The van der Waals surface area contributed by atoms with Gasteiger partial charge in [0.15, 0.2) is 0 Å². The van der Waals surface area contributed by atoms with Crippen molar-refractivity contribution >= 4 is 26.0 Å². The number of hydrogen-bond donors (Lipinski definition) is 1. The highest BCUT2D eigenvalue weighted by Gasteiger charge is 2.25. The highest BCUT2D eigenvalue weighted by atomic mass is 79.9. The molecule has 26 heavy (non-hydrogen) atoms. The van der Waals surface area contributed by atoms with E-state index in [0.717, 1.165) is 5.56 Å². The summed E-state index contributed by atoms with van der Waals surface area (Å²) in [5.41, 5.74) is 0.864. The topological polar surface area (TPSA) is 58.6 Å². The summed E-state index contributed by atoms with van der Waals surface area (Å²) < 4.78 is 47.2. The lowest BCUT2D eigenvalue weighted by atomic mass is 10.0. The second kappa shape index (κ2) is 8.58. The van der Waals surface area contributed by atoms with Crippen LogP contribution in [0.3, 0.4) is 0 Å². The molecule has 8 heteroatoms. The van der Waals surface area contributed by atoms with Crippen molar-refractivity contribution < 1.29 is 17.5 Å². The van der Waals surface area contributed by atoms with Crippen molar-refractivity contribution in [1.29, 1.82) is 0 Å². The lowest BCUT2D eigenvalue weighted by Crippen LogP contribution is -2.43. The van der Waals surface area contributed by atoms with Gasteiger partial charge < -0.3 is 4.74 Å². The molecule has 5 nitrogen and oxygen atoms in total. The fourth-order valence-electron chi connectivity index (χ4n) is 2.96. The van der Waals surface area contributed by atoms with Gasteiger partial charge in [0.05, 0.1) is 18.1 Å². The van der Waals surface area contributed by atoms with E-state index in [1.165, 1.54) is 12.1 Å². The first-order valence-electron chi connectivity index (χ1n) is 8.29. The van der Waals surface area contributed by atoms with Gasteiger partial charge in [-0.15, -0.1) is 0 Å². The molecule has 1 atom stereocenters. The molecule has 1 aliphatic rings. The molecule has 0 aromatic heterocycles. The number of benzene rings is 2. The van der Waals surface area contributed by atoms with Gasteiger partial charge in [-0.05, 0) is 45.8 Å². The van der Waals surface area contributed by atoms with Crippen LogP contribution in [0.25, 0.3) is 0 Å². The van der Waals surface area contributed by atoms with E-state index in [9.17, 15) is 12.8 Å². The van der Waals surface area contributed by atoms with Crippen LogP contribution in [0.5, 0.6) is 0 Å². The third-order valence-electron chi connectivity index (χ3n) is 4.33. The third kappa shape index (κ3) is 4.69. The normalized spacial score (nSPS) is 17.2. The molecule has 1 unspecified atom stereocenters. The fourth-order valence-corrected chi connectivity index (χ4v) is 5.00. The van der Waals surface area contributed by atoms with Gasteiger partial charge in [-0.3, -0.25) is 4.90 Å². The quantitative estimate of drug-likeness (QED) is 0.746. The van der Waals surface area contributed by atoms with E-state index in [1.807, 2.05) is 0 Å². The second-order valence-corrected chi connectivity index (χ2v) is 8.59. The maximum Gasteiger partial charge on any atom is 0.241 e. The van der Waals surface area contributed by atoms with Gasteiger partial charge in [0.1, 0.15) is 5.82 Å². The van der Waals surface area contributed by atoms with Gasteiger partial charge >= 0.3 is 0 Å². The van der Waals surface area contributed by atoms with Crippen molar-refractivity contribution in [2.24, 2.45) is 0 Å². The Bertz CT molecular complexity index is 840. The van der Waals surface area contributed by atoms with Crippen molar-refractivity contribution in [1.82, 2.24) is 9.62 Å². The van der Waals surface area contributed by atoms with Crippen molar-refractivity contribution in [3.8, 4) is 0 Å². The number of ether oxygens (including phenoxy) is 1. The number of sulfonamides is 1. The predicted octanol–water partition coefficient (Wildman–Crippen LogP) is 2.94. The van der Waals surface area contributed by atoms with E-state index in [-0.39, 0.29) is 23.3 Å². The van der Waals surface area contributed by atoms with Gasteiger partial charge in [-0.1, -0.05) is 24.3 Å². The van der Waals surface area contributed by atoms with Crippen LogP contribution in [0.2, 0.25) is 0 Å². The zero-order chi connectivity index (χ0) is 18.6. The molecular weight excluding hydrogens is 423 g/mol. The summed E-state index contributed by atoms with van der Waals surface area (Å²) in [6.45, 7) is 2.76. The Hall–Kier alpha value is -1.32. The molecule has 1 aliphatic heterocycles. The highest BCUT2D eigenvalue weighted by molar-refractivity contribution is 9.10. The van der Waals surface area contributed by atoms with E-state index in [4.69, 9.17) is 4.74 Å². The SMILES string of the molecule is O=S(=O)(NCC(c1ccc(F)cc1)N1CCOCC1)c1ccccc1Br. The molecule has 140 valence electrons. The van der Waals surface area contributed by atoms with Gasteiger partial charge in [-0.25, -0.2) is 17.5 Å². The molecule has 0 aliphatic carbocycles. The first-order valence-corrected chi connectivity index (χ1v) is 10.6. The molecule has 2 aromatic rings. The minimum atomic E-state index is -3.67. The van der Waals surface area contributed by atoms with Crippen LogP contribution in [0, 0.1) is 5.82 Å². The Morgan fingerprint density at radius 1 is 1.12 bits per heavy atom. The van der Waals surface area contributed by atoms with E-state index in [2.05, 4.69) is 25.6 Å². The average Bonchev–Trinajstić information content (AvgIpc) is 2.64. The van der Waals surface area contributed by atoms with Crippen LogP contribution in [-0.2, 0) is 14.8 Å². The zero-order valence-corrected chi connectivity index (χ0v) is 16.5. The summed E-state index contributed by atoms with van der Waals surface area (Å²) in [4.78, 5) is 2.35. The first-order chi connectivity index (χ1) is 12.5. The van der Waals surface area contributed by atoms with Crippen LogP contribution in [0.1, 0.15) is 11.6 Å². The van der Waals surface area contributed by atoms with Crippen LogP contribution in [0.4, 0.5) is 4.39 Å². The number of nitrogens with one attached hydrogen (secondary N) is 1. The Kier molecular flexibility index (Phi) is 6.42. The smallest absolute Gasteiger partial charge is 0.241 e. The number of morpholine rings is 1. The summed E-state index contributed by atoms with van der Waals surface area (Å²) in [5.74, 6) is -0.316. The molecule has 0 spiro atoms. The molecule has 0 saturated carbocycles. The number of halogens is 2. The Morgan fingerprint density at radius 2 is 1.77 bits per heavy atom.